The van der Waals surface area contributed by atoms with Gasteiger partial charge in [-0.1, -0.05) is 12.2 Å². The highest BCUT2D eigenvalue weighted by Crippen LogP contribution is 2.29. The number of nitrogens with two attached hydrogens (primary N) is 1. The number of nitrogens with one attached hydrogen (secondary N) is 2. The number of anilines is 1. The second kappa shape index (κ2) is 6.37. The molecule has 0 fully saturated rings. The molecular formula is C11H12F3N3OS. The Morgan fingerprint density at radius 3 is 2.32 bits per heavy atom. The van der Waals surface area contributed by atoms with Gasteiger partial charge in [0.05, 0.1) is 10.6 Å². The van der Waals surface area contributed by atoms with Gasteiger partial charge in [0.15, 0.2) is 0 Å². The van der Waals surface area contributed by atoms with Gasteiger partial charge in [-0.15, -0.1) is 0 Å². The molecule has 1 aromatic carbocycles. The molecule has 0 saturated carbocycles. The Labute approximate surface area is 113 Å². The molecule has 8 heteroatoms. The molecule has 0 bridgehead atoms. The minimum Gasteiger partial charge on any atom is -0.393 e. The molecule has 4 nitrogen and oxygen atoms in total. The maximum absolute atomic E-state index is 12.3. The maximum atomic E-state index is 12.3. The van der Waals surface area contributed by atoms with Crippen molar-refractivity contribution in [3.8, 4) is 0 Å². The average molecular weight is 291 g/mol. The summed E-state index contributed by atoms with van der Waals surface area (Å²) in [5, 5.41) is 4.86. The van der Waals surface area contributed by atoms with Crippen LogP contribution < -0.4 is 16.4 Å². The maximum Gasteiger partial charge on any atom is 0.416 e. The third-order valence-electron chi connectivity index (χ3n) is 2.13. The van der Waals surface area contributed by atoms with Gasteiger partial charge in [-0.05, 0) is 24.3 Å². The molecule has 1 aromatic rings. The highest BCUT2D eigenvalue weighted by molar-refractivity contribution is 7.80. The lowest BCUT2D eigenvalue weighted by Gasteiger charge is -2.09. The number of hydrogen-bond donors (Lipinski definition) is 3. The summed E-state index contributed by atoms with van der Waals surface area (Å²) in [4.78, 5) is 11.6. The predicted octanol–water partition coefficient (Wildman–Crippen LogP) is 2.50. The van der Waals surface area contributed by atoms with Gasteiger partial charge in [0.2, 0.25) is 0 Å². The van der Waals surface area contributed by atoms with Gasteiger partial charge >= 0.3 is 12.2 Å². The van der Waals surface area contributed by atoms with E-state index < -0.39 is 17.8 Å². The molecule has 0 heterocycles. The Morgan fingerprint density at radius 2 is 1.84 bits per heavy atom. The molecule has 0 aliphatic heterocycles. The average Bonchev–Trinajstić information content (AvgIpc) is 2.27. The summed E-state index contributed by atoms with van der Waals surface area (Å²) < 4.78 is 36.9. The summed E-state index contributed by atoms with van der Waals surface area (Å²) in [5.41, 5.74) is 4.74. The standard InChI is InChI=1S/C11H12F3N3OS/c12-11(13,14)7-1-3-8(4-2-7)17-10(18)16-6-5-9(15)19/h1-4H,5-6H2,(H2,15,19)(H2,16,17,18). The number of hydrogen-bond acceptors (Lipinski definition) is 2. The summed E-state index contributed by atoms with van der Waals surface area (Å²) >= 11 is 4.63. The molecule has 0 spiro atoms. The third kappa shape index (κ3) is 5.56. The van der Waals surface area contributed by atoms with Crippen molar-refractivity contribution in [2.75, 3.05) is 11.9 Å². The smallest absolute Gasteiger partial charge is 0.393 e. The van der Waals surface area contributed by atoms with Crippen molar-refractivity contribution in [3.05, 3.63) is 29.8 Å². The number of halogens is 3. The number of urea groups is 1. The van der Waals surface area contributed by atoms with Gasteiger partial charge in [0.1, 0.15) is 0 Å². The molecule has 104 valence electrons. The van der Waals surface area contributed by atoms with Crippen LogP contribution in [0.15, 0.2) is 24.3 Å². The molecule has 1 rings (SSSR count). The van der Waals surface area contributed by atoms with Gasteiger partial charge in [-0.3, -0.25) is 0 Å². The number of carbonyl (C=O) groups excluding carboxylic acids is 1. The van der Waals surface area contributed by atoms with E-state index in [-0.39, 0.29) is 17.2 Å². The lowest BCUT2D eigenvalue weighted by Crippen LogP contribution is -2.31. The second-order valence-electron chi connectivity index (χ2n) is 3.67. The van der Waals surface area contributed by atoms with E-state index in [1.54, 1.807) is 0 Å². The normalized spacial score (nSPS) is 10.9. The van der Waals surface area contributed by atoms with Crippen molar-refractivity contribution >= 4 is 28.9 Å². The monoisotopic (exact) mass is 291 g/mol. The van der Waals surface area contributed by atoms with Gasteiger partial charge in [-0.2, -0.15) is 13.2 Å². The van der Waals surface area contributed by atoms with Crippen LogP contribution in [0.3, 0.4) is 0 Å². The van der Waals surface area contributed by atoms with E-state index in [4.69, 9.17) is 5.73 Å². The van der Waals surface area contributed by atoms with Crippen LogP contribution in [-0.2, 0) is 6.18 Å². The van der Waals surface area contributed by atoms with Crippen LogP contribution in [0.5, 0.6) is 0 Å². The molecular weight excluding hydrogens is 279 g/mol. The van der Waals surface area contributed by atoms with Gasteiger partial charge in [0, 0.05) is 18.7 Å². The van der Waals surface area contributed by atoms with Crippen LogP contribution in [0, 0.1) is 0 Å². The molecule has 0 saturated heterocycles. The van der Waals surface area contributed by atoms with Gasteiger partial charge in [-0.25, -0.2) is 4.79 Å². The molecule has 0 aliphatic rings. The highest BCUT2D eigenvalue weighted by atomic mass is 32.1. The van der Waals surface area contributed by atoms with Crippen molar-refractivity contribution in [1.29, 1.82) is 0 Å². The topological polar surface area (TPSA) is 67.1 Å². The van der Waals surface area contributed by atoms with Crippen molar-refractivity contribution < 1.29 is 18.0 Å². The first-order valence-corrected chi connectivity index (χ1v) is 5.70. The highest BCUT2D eigenvalue weighted by Gasteiger charge is 2.29. The number of rotatable bonds is 4. The van der Waals surface area contributed by atoms with Crippen LogP contribution in [0.25, 0.3) is 0 Å². The van der Waals surface area contributed by atoms with Crippen molar-refractivity contribution in [2.24, 2.45) is 5.73 Å². The van der Waals surface area contributed by atoms with Crippen LogP contribution in [0.2, 0.25) is 0 Å². The van der Waals surface area contributed by atoms with E-state index in [2.05, 4.69) is 22.9 Å². The summed E-state index contributed by atoms with van der Waals surface area (Å²) in [5.74, 6) is 0. The molecule has 2 amide bonds. The molecule has 0 unspecified atom stereocenters. The SMILES string of the molecule is NC(=S)CCNC(=O)Nc1ccc(C(F)(F)F)cc1. The number of alkyl halides is 3. The minimum absolute atomic E-state index is 0.265. The Hall–Kier alpha value is -1.83. The van der Waals surface area contributed by atoms with E-state index >= 15 is 0 Å². The van der Waals surface area contributed by atoms with Crippen molar-refractivity contribution in [1.82, 2.24) is 5.32 Å². The molecule has 19 heavy (non-hydrogen) atoms. The van der Waals surface area contributed by atoms with E-state index in [0.717, 1.165) is 12.1 Å². The predicted molar refractivity (Wildman–Crippen MR) is 69.9 cm³/mol. The summed E-state index contributed by atoms with van der Waals surface area (Å²) in [6.07, 6.45) is -4.03. The van der Waals surface area contributed by atoms with Crippen LogP contribution in [0.4, 0.5) is 23.7 Å². The van der Waals surface area contributed by atoms with E-state index in [1.165, 1.54) is 12.1 Å². The first-order valence-electron chi connectivity index (χ1n) is 5.29. The van der Waals surface area contributed by atoms with E-state index in [0.29, 0.717) is 6.42 Å². The van der Waals surface area contributed by atoms with Crippen LogP contribution >= 0.6 is 12.2 Å². The zero-order chi connectivity index (χ0) is 14.5. The van der Waals surface area contributed by atoms with Crippen LogP contribution in [0.1, 0.15) is 12.0 Å². The number of benzene rings is 1. The van der Waals surface area contributed by atoms with Crippen LogP contribution in [-0.4, -0.2) is 17.6 Å². The Morgan fingerprint density at radius 1 is 1.26 bits per heavy atom. The first-order chi connectivity index (χ1) is 8.79. The van der Waals surface area contributed by atoms with E-state index in [9.17, 15) is 18.0 Å². The Balaban J connectivity index is 2.49. The van der Waals surface area contributed by atoms with Gasteiger partial charge in [0.25, 0.3) is 0 Å². The van der Waals surface area contributed by atoms with Crippen molar-refractivity contribution in [3.63, 3.8) is 0 Å². The zero-order valence-electron chi connectivity index (χ0n) is 9.75. The zero-order valence-corrected chi connectivity index (χ0v) is 10.6. The fourth-order valence-electron chi connectivity index (χ4n) is 1.22. The fraction of sp³-hybridized carbons (Fsp3) is 0.273. The first kappa shape index (κ1) is 15.2. The largest absolute Gasteiger partial charge is 0.416 e. The summed E-state index contributed by atoms with van der Waals surface area (Å²) in [7, 11) is 0. The quantitative estimate of drug-likeness (QED) is 0.747. The summed E-state index contributed by atoms with van der Waals surface area (Å²) in [6.45, 7) is 0.266. The number of carbonyl (C=O) groups is 1. The fourth-order valence-corrected chi connectivity index (χ4v) is 1.32. The van der Waals surface area contributed by atoms with E-state index in [1.807, 2.05) is 0 Å². The molecule has 0 radical (unpaired) electrons. The minimum atomic E-state index is -4.39. The summed E-state index contributed by atoms with van der Waals surface area (Å²) in [6, 6.07) is 3.61. The Kier molecular flexibility index (Phi) is 5.11. The number of amides is 2. The van der Waals surface area contributed by atoms with Gasteiger partial charge < -0.3 is 16.4 Å². The lowest BCUT2D eigenvalue weighted by atomic mass is 10.2. The molecule has 0 atom stereocenters. The number of thiocarbonyl (C=S) groups is 1. The third-order valence-corrected chi connectivity index (χ3v) is 2.33. The molecule has 0 aliphatic carbocycles. The molecule has 0 aromatic heterocycles. The second-order valence-corrected chi connectivity index (χ2v) is 4.20. The lowest BCUT2D eigenvalue weighted by molar-refractivity contribution is -0.137. The molecule has 4 N–H and O–H groups in total. The Bertz CT molecular complexity index is 459. The van der Waals surface area contributed by atoms with Crippen molar-refractivity contribution in [2.45, 2.75) is 12.6 Å².